The summed E-state index contributed by atoms with van der Waals surface area (Å²) in [6, 6.07) is 3.64. The van der Waals surface area contributed by atoms with Crippen molar-refractivity contribution in [2.45, 2.75) is 38.7 Å². The molecule has 0 aliphatic heterocycles. The highest BCUT2D eigenvalue weighted by Gasteiger charge is 2.28. The molecule has 1 atom stereocenters. The molecule has 0 fully saturated rings. The van der Waals surface area contributed by atoms with E-state index >= 15 is 0 Å². The molecular formula is C20H22ClNO7S. The number of sulfone groups is 1. The zero-order valence-corrected chi connectivity index (χ0v) is 18.7. The standard InChI is InChI=1S/C20H22ClNO7S/c1-6-28-20(25)16-10(2)17(22-11(16)3)18(23)12(4)29-19(24)14-9-13(30(5,26)27)7-8-15(14)21/h7-9,12,22H,6H2,1-5H3. The molecule has 1 heterocycles. The van der Waals surface area contributed by atoms with Gasteiger partial charge in [0.2, 0.25) is 5.78 Å². The van der Waals surface area contributed by atoms with Gasteiger partial charge in [-0.1, -0.05) is 11.6 Å². The van der Waals surface area contributed by atoms with Crippen molar-refractivity contribution in [2.75, 3.05) is 12.9 Å². The van der Waals surface area contributed by atoms with E-state index in [0.717, 1.165) is 12.3 Å². The van der Waals surface area contributed by atoms with Gasteiger partial charge < -0.3 is 14.5 Å². The molecule has 30 heavy (non-hydrogen) atoms. The minimum absolute atomic E-state index is 0.0106. The molecule has 0 saturated carbocycles. The van der Waals surface area contributed by atoms with Gasteiger partial charge in [-0.15, -0.1) is 0 Å². The molecule has 10 heteroatoms. The summed E-state index contributed by atoms with van der Waals surface area (Å²) in [6.07, 6.45) is -0.225. The van der Waals surface area contributed by atoms with Gasteiger partial charge in [0, 0.05) is 11.9 Å². The topological polar surface area (TPSA) is 120 Å². The number of aryl methyl sites for hydroxylation is 1. The molecule has 1 unspecified atom stereocenters. The molecule has 0 aliphatic carbocycles. The van der Waals surface area contributed by atoms with Crippen LogP contribution in [0.5, 0.6) is 0 Å². The summed E-state index contributed by atoms with van der Waals surface area (Å²) in [5.74, 6) is -2.07. The number of ether oxygens (including phenoxy) is 2. The Labute approximate surface area is 179 Å². The summed E-state index contributed by atoms with van der Waals surface area (Å²) in [7, 11) is -3.57. The van der Waals surface area contributed by atoms with Crippen LogP contribution in [-0.2, 0) is 19.3 Å². The molecule has 1 N–H and O–H groups in total. The number of esters is 2. The van der Waals surface area contributed by atoms with Gasteiger partial charge in [0.1, 0.15) is 0 Å². The second kappa shape index (κ2) is 9.01. The molecule has 0 saturated heterocycles. The summed E-state index contributed by atoms with van der Waals surface area (Å²) in [6.45, 7) is 6.45. The number of nitrogens with one attached hydrogen (secondary N) is 1. The van der Waals surface area contributed by atoms with Crippen LogP contribution in [0.1, 0.15) is 56.3 Å². The maximum absolute atomic E-state index is 12.8. The van der Waals surface area contributed by atoms with Gasteiger partial charge in [-0.3, -0.25) is 4.79 Å². The predicted octanol–water partition coefficient (Wildman–Crippen LogP) is 3.29. The van der Waals surface area contributed by atoms with Crippen LogP contribution >= 0.6 is 11.6 Å². The summed E-state index contributed by atoms with van der Waals surface area (Å²) in [5, 5.41) is -0.0106. The van der Waals surface area contributed by atoms with Gasteiger partial charge in [0.15, 0.2) is 15.9 Å². The van der Waals surface area contributed by atoms with Gasteiger partial charge in [-0.25, -0.2) is 18.0 Å². The maximum Gasteiger partial charge on any atom is 0.340 e. The number of aromatic nitrogens is 1. The first-order chi connectivity index (χ1) is 13.9. The average Bonchev–Trinajstić information content (AvgIpc) is 2.94. The van der Waals surface area contributed by atoms with Crippen molar-refractivity contribution in [3.8, 4) is 0 Å². The SMILES string of the molecule is CCOC(=O)c1c(C)[nH]c(C(=O)C(C)OC(=O)c2cc(S(C)(=O)=O)ccc2Cl)c1C. The molecule has 8 nitrogen and oxygen atoms in total. The van der Waals surface area contributed by atoms with E-state index < -0.39 is 33.7 Å². The highest BCUT2D eigenvalue weighted by molar-refractivity contribution is 7.90. The number of carbonyl (C=O) groups is 3. The third-order valence-electron chi connectivity index (χ3n) is 4.40. The lowest BCUT2D eigenvalue weighted by Crippen LogP contribution is -2.25. The van der Waals surface area contributed by atoms with Gasteiger partial charge in [0.25, 0.3) is 0 Å². The van der Waals surface area contributed by atoms with Crippen LogP contribution in [-0.4, -0.2) is 50.1 Å². The van der Waals surface area contributed by atoms with Gasteiger partial charge in [-0.2, -0.15) is 0 Å². The molecule has 1 aromatic heterocycles. The van der Waals surface area contributed by atoms with Crippen LogP contribution in [0.3, 0.4) is 0 Å². The average molecular weight is 456 g/mol. The number of hydrogen-bond acceptors (Lipinski definition) is 7. The van der Waals surface area contributed by atoms with E-state index in [1.165, 1.54) is 19.1 Å². The Kier molecular flexibility index (Phi) is 7.10. The monoisotopic (exact) mass is 455 g/mol. The Hall–Kier alpha value is -2.65. The molecule has 0 amide bonds. The van der Waals surface area contributed by atoms with Crippen LogP contribution in [0, 0.1) is 13.8 Å². The summed E-state index contributed by atoms with van der Waals surface area (Å²) < 4.78 is 33.6. The van der Waals surface area contributed by atoms with E-state index in [1.807, 2.05) is 0 Å². The van der Waals surface area contributed by atoms with Gasteiger partial charge >= 0.3 is 11.9 Å². The number of carbonyl (C=O) groups excluding carboxylic acids is 3. The van der Waals surface area contributed by atoms with Crippen molar-refractivity contribution in [1.82, 2.24) is 4.98 Å². The third-order valence-corrected chi connectivity index (χ3v) is 5.84. The van der Waals surface area contributed by atoms with Crippen LogP contribution in [0.25, 0.3) is 0 Å². The summed E-state index contributed by atoms with van der Waals surface area (Å²) in [4.78, 5) is 40.1. The minimum atomic E-state index is -3.57. The fraction of sp³-hybridized carbons (Fsp3) is 0.350. The van der Waals surface area contributed by atoms with Crippen LogP contribution in [0.15, 0.2) is 23.1 Å². The molecule has 162 valence electrons. The Morgan fingerprint density at radius 1 is 1.17 bits per heavy atom. The van der Waals surface area contributed by atoms with Crippen LogP contribution in [0.2, 0.25) is 5.02 Å². The van der Waals surface area contributed by atoms with Crippen molar-refractivity contribution >= 4 is 39.2 Å². The Morgan fingerprint density at radius 2 is 1.80 bits per heavy atom. The van der Waals surface area contributed by atoms with E-state index in [1.54, 1.807) is 20.8 Å². The highest BCUT2D eigenvalue weighted by Crippen LogP contribution is 2.24. The molecule has 0 aliphatic rings. The van der Waals surface area contributed by atoms with Crippen molar-refractivity contribution in [3.63, 3.8) is 0 Å². The number of ketones is 1. The molecule has 2 rings (SSSR count). The fourth-order valence-electron chi connectivity index (χ4n) is 2.88. The number of Topliss-reactive ketones (excluding diaryl/α,β-unsaturated/α-hetero) is 1. The quantitative estimate of drug-likeness (QED) is 0.502. The predicted molar refractivity (Wildman–Crippen MR) is 110 cm³/mol. The lowest BCUT2D eigenvalue weighted by atomic mass is 10.1. The largest absolute Gasteiger partial charge is 0.462 e. The Bertz CT molecular complexity index is 1120. The van der Waals surface area contributed by atoms with E-state index in [9.17, 15) is 22.8 Å². The fourth-order valence-corrected chi connectivity index (χ4v) is 3.72. The second-order valence-corrected chi connectivity index (χ2v) is 9.09. The number of aromatic amines is 1. The molecule has 2 aromatic rings. The van der Waals surface area contributed by atoms with E-state index in [4.69, 9.17) is 21.1 Å². The Balaban J connectivity index is 2.28. The van der Waals surface area contributed by atoms with E-state index in [-0.39, 0.29) is 33.3 Å². The first kappa shape index (κ1) is 23.6. The zero-order chi connectivity index (χ0) is 22.8. The second-order valence-electron chi connectivity index (χ2n) is 6.67. The molecular weight excluding hydrogens is 434 g/mol. The lowest BCUT2D eigenvalue weighted by molar-refractivity contribution is 0.0316. The van der Waals surface area contributed by atoms with Gasteiger partial charge in [0.05, 0.1) is 33.3 Å². The number of hydrogen-bond donors (Lipinski definition) is 1. The minimum Gasteiger partial charge on any atom is -0.462 e. The third kappa shape index (κ3) is 4.91. The Morgan fingerprint density at radius 3 is 2.37 bits per heavy atom. The maximum atomic E-state index is 12.8. The van der Waals surface area contributed by atoms with E-state index in [0.29, 0.717) is 11.3 Å². The zero-order valence-electron chi connectivity index (χ0n) is 17.2. The smallest absolute Gasteiger partial charge is 0.340 e. The molecule has 1 aromatic carbocycles. The number of H-pyrrole nitrogens is 1. The van der Waals surface area contributed by atoms with Gasteiger partial charge in [-0.05, 0) is 51.5 Å². The molecule has 0 spiro atoms. The first-order valence-corrected chi connectivity index (χ1v) is 11.3. The van der Waals surface area contributed by atoms with Crippen molar-refractivity contribution < 1.29 is 32.3 Å². The lowest BCUT2D eigenvalue weighted by Gasteiger charge is -2.13. The van der Waals surface area contributed by atoms with Crippen molar-refractivity contribution in [2.24, 2.45) is 0 Å². The molecule has 0 bridgehead atoms. The first-order valence-electron chi connectivity index (χ1n) is 8.99. The molecule has 0 radical (unpaired) electrons. The summed E-state index contributed by atoms with van der Waals surface area (Å²) in [5.41, 5.74) is 1.04. The number of benzene rings is 1. The number of rotatable bonds is 7. The van der Waals surface area contributed by atoms with Crippen molar-refractivity contribution in [1.29, 1.82) is 0 Å². The summed E-state index contributed by atoms with van der Waals surface area (Å²) >= 11 is 6.00. The van der Waals surface area contributed by atoms with Crippen LogP contribution in [0.4, 0.5) is 0 Å². The highest BCUT2D eigenvalue weighted by atomic mass is 35.5. The van der Waals surface area contributed by atoms with E-state index in [2.05, 4.69) is 4.98 Å². The number of halogens is 1. The normalized spacial score (nSPS) is 12.3. The van der Waals surface area contributed by atoms with Crippen LogP contribution < -0.4 is 0 Å². The van der Waals surface area contributed by atoms with Crippen molar-refractivity contribution in [3.05, 3.63) is 51.3 Å².